The number of nitrogens with one attached hydrogen (secondary N) is 1. The van der Waals surface area contributed by atoms with Crippen LogP contribution in [0.2, 0.25) is 0 Å². The van der Waals surface area contributed by atoms with Gasteiger partial charge in [-0.1, -0.05) is 26.7 Å². The van der Waals surface area contributed by atoms with Crippen molar-refractivity contribution in [1.29, 1.82) is 0 Å². The van der Waals surface area contributed by atoms with Crippen molar-refractivity contribution < 1.29 is 9.21 Å². The van der Waals surface area contributed by atoms with Crippen LogP contribution in [0.5, 0.6) is 0 Å². The maximum atomic E-state index is 12.1. The number of hydrogen-bond acceptors (Lipinski definition) is 3. The zero-order chi connectivity index (χ0) is 13.0. The van der Waals surface area contributed by atoms with E-state index in [1.54, 1.807) is 0 Å². The minimum atomic E-state index is -0.0832. The molecule has 1 aromatic rings. The Morgan fingerprint density at radius 2 is 2.28 bits per heavy atom. The van der Waals surface area contributed by atoms with E-state index >= 15 is 0 Å². The lowest BCUT2D eigenvalue weighted by atomic mass is 10.0. The Hall–Kier alpha value is -1.32. The summed E-state index contributed by atoms with van der Waals surface area (Å²) < 4.78 is 5.19. The zero-order valence-corrected chi connectivity index (χ0v) is 11.2. The second-order valence-corrected chi connectivity index (χ2v) is 5.26. The third-order valence-electron chi connectivity index (χ3n) is 3.77. The SMILES string of the molecule is CCc1ocnc1C(=O)NC1CCCC(C)CC1. The van der Waals surface area contributed by atoms with Gasteiger partial charge in [-0.3, -0.25) is 4.79 Å². The quantitative estimate of drug-likeness (QED) is 0.839. The number of aromatic nitrogens is 1. The first kappa shape index (κ1) is 13.1. The first-order valence-corrected chi connectivity index (χ1v) is 6.94. The van der Waals surface area contributed by atoms with Gasteiger partial charge in [0.25, 0.3) is 5.91 Å². The van der Waals surface area contributed by atoms with E-state index < -0.39 is 0 Å². The first-order chi connectivity index (χ1) is 8.70. The molecule has 0 aliphatic heterocycles. The van der Waals surface area contributed by atoms with Crippen LogP contribution in [0.3, 0.4) is 0 Å². The molecule has 1 aromatic heterocycles. The Morgan fingerprint density at radius 3 is 3.06 bits per heavy atom. The summed E-state index contributed by atoms with van der Waals surface area (Å²) in [4.78, 5) is 16.1. The average molecular weight is 250 g/mol. The highest BCUT2D eigenvalue weighted by molar-refractivity contribution is 5.93. The summed E-state index contributed by atoms with van der Waals surface area (Å²) in [6.45, 7) is 4.25. The predicted octanol–water partition coefficient (Wildman–Crippen LogP) is 2.94. The van der Waals surface area contributed by atoms with E-state index in [2.05, 4.69) is 17.2 Å². The van der Waals surface area contributed by atoms with Crippen LogP contribution in [0.15, 0.2) is 10.8 Å². The number of aryl methyl sites for hydroxylation is 1. The van der Waals surface area contributed by atoms with Gasteiger partial charge in [0, 0.05) is 12.5 Å². The van der Waals surface area contributed by atoms with Crippen molar-refractivity contribution in [1.82, 2.24) is 10.3 Å². The molecule has 2 unspecified atom stereocenters. The molecule has 0 saturated heterocycles. The van der Waals surface area contributed by atoms with Crippen LogP contribution >= 0.6 is 0 Å². The van der Waals surface area contributed by atoms with Crippen molar-refractivity contribution in [3.8, 4) is 0 Å². The maximum absolute atomic E-state index is 12.1. The highest BCUT2D eigenvalue weighted by Gasteiger charge is 2.21. The molecule has 1 aliphatic rings. The van der Waals surface area contributed by atoms with Gasteiger partial charge in [-0.15, -0.1) is 0 Å². The Labute approximate surface area is 108 Å². The molecule has 1 saturated carbocycles. The van der Waals surface area contributed by atoms with Crippen LogP contribution in [-0.4, -0.2) is 16.9 Å². The average Bonchev–Trinajstić information content (AvgIpc) is 2.75. The van der Waals surface area contributed by atoms with E-state index in [4.69, 9.17) is 4.42 Å². The van der Waals surface area contributed by atoms with E-state index in [1.807, 2.05) is 6.92 Å². The van der Waals surface area contributed by atoms with Crippen molar-refractivity contribution in [3.05, 3.63) is 17.8 Å². The molecule has 0 spiro atoms. The molecule has 0 aromatic carbocycles. The van der Waals surface area contributed by atoms with Gasteiger partial charge in [-0.25, -0.2) is 4.98 Å². The minimum absolute atomic E-state index is 0.0832. The summed E-state index contributed by atoms with van der Waals surface area (Å²) in [6, 6.07) is 0.295. The van der Waals surface area contributed by atoms with Crippen molar-refractivity contribution in [2.75, 3.05) is 0 Å². The molecule has 0 bridgehead atoms. The lowest BCUT2D eigenvalue weighted by molar-refractivity contribution is 0.0926. The lowest BCUT2D eigenvalue weighted by Gasteiger charge is -2.15. The van der Waals surface area contributed by atoms with Crippen molar-refractivity contribution in [3.63, 3.8) is 0 Å². The zero-order valence-electron chi connectivity index (χ0n) is 11.2. The van der Waals surface area contributed by atoms with Gasteiger partial charge in [0.15, 0.2) is 12.1 Å². The fourth-order valence-electron chi connectivity index (χ4n) is 2.59. The number of rotatable bonds is 3. The van der Waals surface area contributed by atoms with E-state index in [1.165, 1.54) is 25.7 Å². The molecule has 1 N–H and O–H groups in total. The van der Waals surface area contributed by atoms with E-state index in [0.717, 1.165) is 18.8 Å². The molecule has 4 nitrogen and oxygen atoms in total. The van der Waals surface area contributed by atoms with E-state index in [9.17, 15) is 4.79 Å². The molecule has 0 radical (unpaired) electrons. The normalized spacial score (nSPS) is 24.6. The van der Waals surface area contributed by atoms with Gasteiger partial charge in [-0.05, 0) is 25.2 Å². The largest absolute Gasteiger partial charge is 0.448 e. The van der Waals surface area contributed by atoms with Crippen LogP contribution in [-0.2, 0) is 6.42 Å². The summed E-state index contributed by atoms with van der Waals surface area (Å²) in [5, 5.41) is 3.10. The number of oxazole rings is 1. The molecule has 18 heavy (non-hydrogen) atoms. The summed E-state index contributed by atoms with van der Waals surface area (Å²) in [5.74, 6) is 1.37. The second kappa shape index (κ2) is 6.03. The smallest absolute Gasteiger partial charge is 0.273 e. The molecule has 1 fully saturated rings. The second-order valence-electron chi connectivity index (χ2n) is 5.26. The molecule has 2 rings (SSSR count). The summed E-state index contributed by atoms with van der Waals surface area (Å²) >= 11 is 0. The topological polar surface area (TPSA) is 55.1 Å². The van der Waals surface area contributed by atoms with Crippen LogP contribution in [0.25, 0.3) is 0 Å². The Balaban J connectivity index is 1.94. The molecular weight excluding hydrogens is 228 g/mol. The number of nitrogens with zero attached hydrogens (tertiary/aromatic N) is 1. The van der Waals surface area contributed by atoms with Crippen LogP contribution in [0.4, 0.5) is 0 Å². The number of hydrogen-bond donors (Lipinski definition) is 1. The Morgan fingerprint density at radius 1 is 1.44 bits per heavy atom. The Bertz CT molecular complexity index is 400. The molecule has 100 valence electrons. The third-order valence-corrected chi connectivity index (χ3v) is 3.77. The van der Waals surface area contributed by atoms with Crippen LogP contribution in [0.1, 0.15) is 62.2 Å². The minimum Gasteiger partial charge on any atom is -0.448 e. The Kier molecular flexibility index (Phi) is 4.39. The lowest BCUT2D eigenvalue weighted by Crippen LogP contribution is -2.35. The molecule has 1 heterocycles. The van der Waals surface area contributed by atoms with E-state index in [0.29, 0.717) is 23.9 Å². The van der Waals surface area contributed by atoms with Crippen molar-refractivity contribution in [2.24, 2.45) is 5.92 Å². The number of amides is 1. The molecule has 4 heteroatoms. The van der Waals surface area contributed by atoms with Gasteiger partial charge < -0.3 is 9.73 Å². The molecule has 2 atom stereocenters. The van der Waals surface area contributed by atoms with Crippen LogP contribution in [0, 0.1) is 5.92 Å². The molecule has 1 amide bonds. The summed E-state index contributed by atoms with van der Waals surface area (Å²) in [7, 11) is 0. The van der Waals surface area contributed by atoms with Crippen molar-refractivity contribution in [2.45, 2.75) is 58.4 Å². The number of carbonyl (C=O) groups excluding carboxylic acids is 1. The van der Waals surface area contributed by atoms with Gasteiger partial charge in [0.05, 0.1) is 0 Å². The number of carbonyl (C=O) groups is 1. The van der Waals surface area contributed by atoms with Gasteiger partial charge in [-0.2, -0.15) is 0 Å². The van der Waals surface area contributed by atoms with Gasteiger partial charge >= 0.3 is 0 Å². The summed E-state index contributed by atoms with van der Waals surface area (Å²) in [5.41, 5.74) is 0.454. The van der Waals surface area contributed by atoms with Crippen LogP contribution < -0.4 is 5.32 Å². The fourth-order valence-corrected chi connectivity index (χ4v) is 2.59. The predicted molar refractivity (Wildman–Crippen MR) is 69.4 cm³/mol. The van der Waals surface area contributed by atoms with Gasteiger partial charge in [0.2, 0.25) is 0 Å². The molecular formula is C14H22N2O2. The highest BCUT2D eigenvalue weighted by atomic mass is 16.3. The van der Waals surface area contributed by atoms with E-state index in [-0.39, 0.29) is 5.91 Å². The standard InChI is InChI=1S/C14H22N2O2/c1-3-12-13(15-9-18-12)14(17)16-11-6-4-5-10(2)7-8-11/h9-11H,3-8H2,1-2H3,(H,16,17). The first-order valence-electron chi connectivity index (χ1n) is 6.94. The molecule has 1 aliphatic carbocycles. The van der Waals surface area contributed by atoms with Crippen molar-refractivity contribution >= 4 is 5.91 Å². The maximum Gasteiger partial charge on any atom is 0.273 e. The summed E-state index contributed by atoms with van der Waals surface area (Å²) in [6.07, 6.45) is 7.88. The monoisotopic (exact) mass is 250 g/mol. The van der Waals surface area contributed by atoms with Gasteiger partial charge in [0.1, 0.15) is 5.76 Å². The highest BCUT2D eigenvalue weighted by Crippen LogP contribution is 2.23. The third kappa shape index (κ3) is 3.12. The fraction of sp³-hybridized carbons (Fsp3) is 0.714.